The number of hydrogen-bond acceptors (Lipinski definition) is 3. The van der Waals surface area contributed by atoms with E-state index in [0.717, 1.165) is 6.42 Å². The van der Waals surface area contributed by atoms with Crippen LogP contribution in [0.25, 0.3) is 0 Å². The highest BCUT2D eigenvalue weighted by molar-refractivity contribution is 6.74. The molecule has 2 fully saturated rings. The molecule has 2 aliphatic rings. The first kappa shape index (κ1) is 15.2. The highest BCUT2D eigenvalue weighted by Gasteiger charge is 2.57. The highest BCUT2D eigenvalue weighted by atomic mass is 28.4. The number of fused-ring (bicyclic) bond motifs is 2. The van der Waals surface area contributed by atoms with Gasteiger partial charge >= 0.3 is 0 Å². The number of carbonyl (C=O) groups excluding carboxylic acids is 1. The second kappa shape index (κ2) is 4.40. The zero-order valence-electron chi connectivity index (χ0n) is 13.4. The molecule has 0 amide bonds. The van der Waals surface area contributed by atoms with Crippen molar-refractivity contribution >= 4 is 14.1 Å². The minimum Gasteiger partial charge on any atom is -0.404 e. The van der Waals surface area contributed by atoms with Gasteiger partial charge in [0.1, 0.15) is 11.7 Å². The van der Waals surface area contributed by atoms with Crippen LogP contribution in [0.5, 0.6) is 0 Å². The summed E-state index contributed by atoms with van der Waals surface area (Å²) in [5, 5.41) is 0.113. The molecule has 3 nitrogen and oxygen atoms in total. The van der Waals surface area contributed by atoms with E-state index in [4.69, 9.17) is 9.16 Å². The fourth-order valence-corrected chi connectivity index (χ4v) is 4.21. The molecule has 0 radical (unpaired) electrons. The van der Waals surface area contributed by atoms with Crippen molar-refractivity contribution in [3.63, 3.8) is 0 Å². The molecule has 0 aromatic rings. The van der Waals surface area contributed by atoms with Crippen LogP contribution in [-0.2, 0) is 14.0 Å². The van der Waals surface area contributed by atoms with Gasteiger partial charge in [0.2, 0.25) is 0 Å². The average molecular weight is 284 g/mol. The summed E-state index contributed by atoms with van der Waals surface area (Å²) >= 11 is 0. The quantitative estimate of drug-likeness (QED) is 0.728. The van der Waals surface area contributed by atoms with Crippen LogP contribution in [-0.4, -0.2) is 31.9 Å². The molecular formula is C15H28O3Si. The van der Waals surface area contributed by atoms with E-state index in [-0.39, 0.29) is 23.0 Å². The molecule has 2 bridgehead atoms. The number of ketones is 1. The van der Waals surface area contributed by atoms with Crippen LogP contribution in [0.3, 0.4) is 0 Å². The molecule has 0 aromatic carbocycles. The first-order valence-electron chi connectivity index (χ1n) is 7.36. The van der Waals surface area contributed by atoms with E-state index in [1.807, 2.05) is 0 Å². The Morgan fingerprint density at radius 2 is 1.95 bits per heavy atom. The fraction of sp³-hybridized carbons (Fsp3) is 0.933. The number of ether oxygens (including phenoxy) is 1. The molecule has 0 spiro atoms. The van der Waals surface area contributed by atoms with Gasteiger partial charge in [0.15, 0.2) is 14.1 Å². The van der Waals surface area contributed by atoms with Crippen LogP contribution in [0, 0.1) is 5.92 Å². The van der Waals surface area contributed by atoms with Crippen molar-refractivity contribution in [2.24, 2.45) is 5.92 Å². The van der Waals surface area contributed by atoms with Gasteiger partial charge < -0.3 is 9.16 Å². The van der Waals surface area contributed by atoms with Crippen LogP contribution < -0.4 is 0 Å². The van der Waals surface area contributed by atoms with Gasteiger partial charge in [-0.25, -0.2) is 0 Å². The monoisotopic (exact) mass is 284 g/mol. The van der Waals surface area contributed by atoms with E-state index < -0.39 is 13.9 Å². The third-order valence-corrected chi connectivity index (χ3v) is 9.91. The second-order valence-electron chi connectivity index (χ2n) is 7.99. The minimum absolute atomic E-state index is 0.113. The standard InChI is InChI=1S/C15H28O3Si/c1-10-8-11-9-12(16)13(15(10,5)17-11)18-19(6,7)14(2,3)4/h10-11,13H,8-9H2,1-7H3/t10-,11+,13-,15-/m0/s1. The maximum absolute atomic E-state index is 12.4. The lowest BCUT2D eigenvalue weighted by Gasteiger charge is -2.46. The normalized spacial score (nSPS) is 39.7. The predicted molar refractivity (Wildman–Crippen MR) is 78.8 cm³/mol. The van der Waals surface area contributed by atoms with E-state index in [2.05, 4.69) is 47.7 Å². The van der Waals surface area contributed by atoms with Gasteiger partial charge in [0.05, 0.1) is 6.10 Å². The largest absolute Gasteiger partial charge is 0.404 e. The molecule has 0 aliphatic carbocycles. The van der Waals surface area contributed by atoms with Gasteiger partial charge in [-0.15, -0.1) is 0 Å². The third-order valence-electron chi connectivity index (χ3n) is 5.48. The lowest BCUT2D eigenvalue weighted by Crippen LogP contribution is -2.58. The summed E-state index contributed by atoms with van der Waals surface area (Å²) in [5.74, 6) is 0.631. The molecule has 2 saturated heterocycles. The Morgan fingerprint density at radius 1 is 1.37 bits per heavy atom. The van der Waals surface area contributed by atoms with Crippen LogP contribution in [0.4, 0.5) is 0 Å². The Kier molecular flexibility index (Phi) is 3.52. The Balaban J connectivity index is 2.26. The molecule has 2 aliphatic heterocycles. The molecule has 4 heteroatoms. The van der Waals surface area contributed by atoms with Crippen molar-refractivity contribution in [3.05, 3.63) is 0 Å². The summed E-state index contributed by atoms with van der Waals surface area (Å²) in [5.41, 5.74) is -0.421. The van der Waals surface area contributed by atoms with Crippen LogP contribution in [0.1, 0.15) is 47.5 Å². The average Bonchev–Trinajstić information content (AvgIpc) is 2.45. The maximum Gasteiger partial charge on any atom is 0.193 e. The fourth-order valence-electron chi connectivity index (χ4n) is 2.90. The van der Waals surface area contributed by atoms with E-state index in [1.54, 1.807) is 0 Å². The summed E-state index contributed by atoms with van der Waals surface area (Å²) in [6.07, 6.45) is 1.26. The second-order valence-corrected chi connectivity index (χ2v) is 12.7. The number of carbonyl (C=O) groups is 1. The Morgan fingerprint density at radius 3 is 2.47 bits per heavy atom. The van der Waals surface area contributed by atoms with Crippen molar-refractivity contribution in [2.75, 3.05) is 0 Å². The van der Waals surface area contributed by atoms with Gasteiger partial charge in [-0.2, -0.15) is 0 Å². The molecule has 110 valence electrons. The number of Topliss-reactive ketones (excluding diaryl/α,β-unsaturated/α-hetero) is 1. The molecule has 0 aromatic heterocycles. The molecule has 19 heavy (non-hydrogen) atoms. The minimum atomic E-state index is -1.95. The van der Waals surface area contributed by atoms with E-state index in [0.29, 0.717) is 12.3 Å². The lowest BCUT2D eigenvalue weighted by atomic mass is 9.85. The molecule has 0 unspecified atom stereocenters. The Bertz CT molecular complexity index is 385. The van der Waals surface area contributed by atoms with Gasteiger partial charge in [-0.3, -0.25) is 4.79 Å². The highest BCUT2D eigenvalue weighted by Crippen LogP contribution is 2.47. The number of hydrogen-bond donors (Lipinski definition) is 0. The molecular weight excluding hydrogens is 256 g/mol. The van der Waals surface area contributed by atoms with Gasteiger partial charge in [0, 0.05) is 6.42 Å². The zero-order chi connectivity index (χ0) is 14.6. The summed E-state index contributed by atoms with van der Waals surface area (Å²) in [4.78, 5) is 12.4. The first-order chi connectivity index (χ1) is 8.47. The van der Waals surface area contributed by atoms with Crippen molar-refractivity contribution in [2.45, 2.75) is 83.4 Å². The van der Waals surface area contributed by atoms with Crippen LogP contribution in [0.15, 0.2) is 0 Å². The van der Waals surface area contributed by atoms with Crippen molar-refractivity contribution < 1.29 is 14.0 Å². The van der Waals surface area contributed by atoms with E-state index >= 15 is 0 Å². The van der Waals surface area contributed by atoms with Gasteiger partial charge in [-0.1, -0.05) is 27.7 Å². The lowest BCUT2D eigenvalue weighted by molar-refractivity contribution is -0.168. The van der Waals surface area contributed by atoms with Crippen LogP contribution >= 0.6 is 0 Å². The Labute approximate surface area is 118 Å². The number of rotatable bonds is 2. The molecule has 0 saturated carbocycles. The SMILES string of the molecule is C[C@H]1C[C@@H]2CC(=O)[C@H](O[Si](C)(C)C(C)(C)C)[C@@]1(C)O2. The smallest absolute Gasteiger partial charge is 0.193 e. The Hall–Kier alpha value is -0.193. The van der Waals surface area contributed by atoms with Crippen molar-refractivity contribution in [1.29, 1.82) is 0 Å². The summed E-state index contributed by atoms with van der Waals surface area (Å²) in [6, 6.07) is 0. The molecule has 4 atom stereocenters. The topological polar surface area (TPSA) is 35.5 Å². The van der Waals surface area contributed by atoms with E-state index in [9.17, 15) is 4.79 Å². The van der Waals surface area contributed by atoms with Crippen molar-refractivity contribution in [1.82, 2.24) is 0 Å². The molecule has 0 N–H and O–H groups in total. The first-order valence-corrected chi connectivity index (χ1v) is 10.3. The van der Waals surface area contributed by atoms with Crippen molar-refractivity contribution in [3.8, 4) is 0 Å². The third kappa shape index (κ3) is 2.43. The summed E-state index contributed by atoms with van der Waals surface area (Å²) in [6.45, 7) is 15.3. The van der Waals surface area contributed by atoms with Crippen LogP contribution in [0.2, 0.25) is 18.1 Å². The molecule has 2 rings (SSSR count). The van der Waals surface area contributed by atoms with Gasteiger partial charge in [-0.05, 0) is 37.4 Å². The maximum atomic E-state index is 12.4. The predicted octanol–water partition coefficient (Wildman–Crippen LogP) is 3.53. The summed E-state index contributed by atoms with van der Waals surface area (Å²) < 4.78 is 12.5. The van der Waals surface area contributed by atoms with Gasteiger partial charge in [0.25, 0.3) is 0 Å². The molecule has 2 heterocycles. The zero-order valence-corrected chi connectivity index (χ0v) is 14.4. The van der Waals surface area contributed by atoms with E-state index in [1.165, 1.54) is 0 Å². The summed E-state index contributed by atoms with van der Waals surface area (Å²) in [7, 11) is -1.95.